The molecule has 0 bridgehead atoms. The third-order valence-corrected chi connectivity index (χ3v) is 6.72. The molecule has 0 atom stereocenters. The third-order valence-electron chi connectivity index (χ3n) is 6.72. The smallest absolute Gasteiger partial charge is 0.270 e. The zero-order valence-corrected chi connectivity index (χ0v) is 17.2. The number of carbonyl (C=O) groups excluding carboxylic acids is 1. The number of aliphatic hydroxyl groups is 1. The molecule has 0 radical (unpaired) electrons. The van der Waals surface area contributed by atoms with Crippen molar-refractivity contribution in [3.63, 3.8) is 0 Å². The number of hydrogen-bond acceptors (Lipinski definition) is 4. The van der Waals surface area contributed by atoms with Crippen LogP contribution in [0.2, 0.25) is 0 Å². The second-order valence-corrected chi connectivity index (χ2v) is 9.43. The van der Waals surface area contributed by atoms with Crippen molar-refractivity contribution < 1.29 is 9.90 Å². The van der Waals surface area contributed by atoms with Crippen LogP contribution in [0.1, 0.15) is 53.9 Å². The number of aromatic nitrogens is 3. The first kappa shape index (κ1) is 17.8. The standard InChI is InChI=1S/C24H24N4O2/c1-23(2,30)16-6-3-14(4-7-16)19-11-18-15(12-25-19)5-8-17-20(18)27-28-13-24(9-10-24)26-22(29)21(17)28/h3-4,6-7,11-12,30H,5,8-10,13H2,1-2H3,(H,26,29). The summed E-state index contributed by atoms with van der Waals surface area (Å²) < 4.78 is 1.93. The first-order valence-corrected chi connectivity index (χ1v) is 10.6. The topological polar surface area (TPSA) is 80.0 Å². The van der Waals surface area contributed by atoms with Crippen molar-refractivity contribution >= 4 is 5.91 Å². The lowest BCUT2D eigenvalue weighted by Gasteiger charge is -2.24. The quantitative estimate of drug-likeness (QED) is 0.692. The van der Waals surface area contributed by atoms with Crippen LogP contribution in [0.4, 0.5) is 0 Å². The fourth-order valence-corrected chi connectivity index (χ4v) is 4.75. The first-order chi connectivity index (χ1) is 14.3. The van der Waals surface area contributed by atoms with Crippen LogP contribution in [0.25, 0.3) is 22.5 Å². The van der Waals surface area contributed by atoms with E-state index in [0.717, 1.165) is 71.6 Å². The van der Waals surface area contributed by atoms with Crippen molar-refractivity contribution in [2.75, 3.05) is 0 Å². The molecule has 1 spiro atoms. The summed E-state index contributed by atoms with van der Waals surface area (Å²) >= 11 is 0. The summed E-state index contributed by atoms with van der Waals surface area (Å²) in [5.74, 6) is 0.0208. The molecule has 2 aliphatic carbocycles. The Morgan fingerprint density at radius 2 is 1.93 bits per heavy atom. The predicted molar refractivity (Wildman–Crippen MR) is 113 cm³/mol. The van der Waals surface area contributed by atoms with Gasteiger partial charge in [0.25, 0.3) is 5.91 Å². The van der Waals surface area contributed by atoms with Crippen molar-refractivity contribution in [2.24, 2.45) is 0 Å². The molecule has 0 unspecified atom stereocenters. The highest BCUT2D eigenvalue weighted by Gasteiger charge is 2.49. The van der Waals surface area contributed by atoms with Crippen LogP contribution >= 0.6 is 0 Å². The molecule has 6 heteroatoms. The molecule has 1 aromatic carbocycles. The Labute approximate surface area is 175 Å². The zero-order chi connectivity index (χ0) is 20.7. The summed E-state index contributed by atoms with van der Waals surface area (Å²) in [6, 6.07) is 9.96. The van der Waals surface area contributed by atoms with Gasteiger partial charge in [-0.2, -0.15) is 5.10 Å². The second kappa shape index (κ2) is 5.79. The van der Waals surface area contributed by atoms with Crippen molar-refractivity contribution in [3.8, 4) is 22.5 Å². The van der Waals surface area contributed by atoms with Gasteiger partial charge in [0.1, 0.15) is 5.69 Å². The Kier molecular flexibility index (Phi) is 3.44. The number of aryl methyl sites for hydroxylation is 1. The van der Waals surface area contributed by atoms with E-state index in [1.807, 2.05) is 35.1 Å². The molecule has 3 heterocycles. The minimum atomic E-state index is -0.869. The molecule has 1 saturated carbocycles. The first-order valence-electron chi connectivity index (χ1n) is 10.6. The van der Waals surface area contributed by atoms with E-state index in [1.165, 1.54) is 5.56 Å². The van der Waals surface area contributed by atoms with Crippen LogP contribution in [0.15, 0.2) is 36.5 Å². The molecule has 3 aliphatic rings. The summed E-state index contributed by atoms with van der Waals surface area (Å²) in [5, 5.41) is 18.3. The van der Waals surface area contributed by atoms with Gasteiger partial charge in [-0.1, -0.05) is 24.3 Å². The Hall–Kier alpha value is -2.99. The molecule has 1 fully saturated rings. The van der Waals surface area contributed by atoms with Crippen LogP contribution in [0, 0.1) is 0 Å². The second-order valence-electron chi connectivity index (χ2n) is 9.43. The maximum absolute atomic E-state index is 12.8. The fourth-order valence-electron chi connectivity index (χ4n) is 4.75. The average Bonchev–Trinajstić information content (AvgIpc) is 3.33. The van der Waals surface area contributed by atoms with Crippen molar-refractivity contribution in [1.29, 1.82) is 0 Å². The molecule has 0 saturated heterocycles. The lowest BCUT2D eigenvalue weighted by atomic mass is 9.88. The van der Waals surface area contributed by atoms with E-state index in [2.05, 4.69) is 16.4 Å². The number of pyridine rings is 1. The number of amides is 1. The van der Waals surface area contributed by atoms with Gasteiger partial charge >= 0.3 is 0 Å². The summed E-state index contributed by atoms with van der Waals surface area (Å²) in [4.78, 5) is 17.5. The maximum atomic E-state index is 12.8. The van der Waals surface area contributed by atoms with Crippen LogP contribution in [-0.2, 0) is 25.0 Å². The van der Waals surface area contributed by atoms with Gasteiger partial charge in [0.05, 0.1) is 29.1 Å². The van der Waals surface area contributed by atoms with Crippen LogP contribution < -0.4 is 5.32 Å². The number of fused-ring (bicyclic) bond motifs is 5. The van der Waals surface area contributed by atoms with Crippen molar-refractivity contribution in [2.45, 2.75) is 57.2 Å². The minimum Gasteiger partial charge on any atom is -0.386 e. The molecule has 6 rings (SSSR count). The van der Waals surface area contributed by atoms with Crippen LogP contribution in [-0.4, -0.2) is 31.3 Å². The summed E-state index contributed by atoms with van der Waals surface area (Å²) in [6.07, 6.45) is 5.70. The van der Waals surface area contributed by atoms with Crippen LogP contribution in [0.5, 0.6) is 0 Å². The molecule has 2 N–H and O–H groups in total. The monoisotopic (exact) mass is 400 g/mol. The van der Waals surface area contributed by atoms with Gasteiger partial charge < -0.3 is 10.4 Å². The minimum absolute atomic E-state index is 0.0208. The van der Waals surface area contributed by atoms with E-state index >= 15 is 0 Å². The normalized spacial score (nSPS) is 18.4. The van der Waals surface area contributed by atoms with Crippen LogP contribution in [0.3, 0.4) is 0 Å². The highest BCUT2D eigenvalue weighted by molar-refractivity contribution is 5.98. The summed E-state index contributed by atoms with van der Waals surface area (Å²) in [7, 11) is 0. The van der Waals surface area contributed by atoms with E-state index in [-0.39, 0.29) is 11.4 Å². The van der Waals surface area contributed by atoms with E-state index < -0.39 is 5.60 Å². The molecule has 1 aliphatic heterocycles. The number of hydrogen-bond donors (Lipinski definition) is 2. The molecular formula is C24H24N4O2. The highest BCUT2D eigenvalue weighted by atomic mass is 16.3. The lowest BCUT2D eigenvalue weighted by Crippen LogP contribution is -2.46. The Morgan fingerprint density at radius 3 is 2.63 bits per heavy atom. The summed E-state index contributed by atoms with van der Waals surface area (Å²) in [5.41, 5.74) is 6.78. The Morgan fingerprint density at radius 1 is 1.17 bits per heavy atom. The van der Waals surface area contributed by atoms with Gasteiger partial charge in [-0.3, -0.25) is 14.5 Å². The zero-order valence-electron chi connectivity index (χ0n) is 17.2. The largest absolute Gasteiger partial charge is 0.386 e. The highest BCUT2D eigenvalue weighted by Crippen LogP contribution is 2.43. The van der Waals surface area contributed by atoms with Gasteiger partial charge in [-0.05, 0) is 56.7 Å². The van der Waals surface area contributed by atoms with E-state index in [0.29, 0.717) is 0 Å². The lowest BCUT2D eigenvalue weighted by molar-refractivity contribution is 0.0785. The third kappa shape index (κ3) is 2.63. The summed E-state index contributed by atoms with van der Waals surface area (Å²) in [6.45, 7) is 4.33. The molecule has 2 aromatic heterocycles. The fraction of sp³-hybridized carbons (Fsp3) is 0.375. The van der Waals surface area contributed by atoms with E-state index in [9.17, 15) is 9.90 Å². The van der Waals surface area contributed by atoms with Gasteiger partial charge in [0.2, 0.25) is 0 Å². The van der Waals surface area contributed by atoms with Gasteiger partial charge in [-0.25, -0.2) is 0 Å². The Bertz CT molecular complexity index is 1200. The average molecular weight is 400 g/mol. The number of rotatable bonds is 2. The predicted octanol–water partition coefficient (Wildman–Crippen LogP) is 3.21. The molecule has 30 heavy (non-hydrogen) atoms. The van der Waals surface area contributed by atoms with Gasteiger partial charge in [-0.15, -0.1) is 0 Å². The number of benzene rings is 1. The maximum Gasteiger partial charge on any atom is 0.270 e. The molecule has 152 valence electrons. The number of nitrogens with one attached hydrogen (secondary N) is 1. The SMILES string of the molecule is CC(C)(O)c1ccc(-c2cc3c(cn2)CCc2c-3nn3c2C(=O)NC2(CC2)C3)cc1. The molecular weight excluding hydrogens is 376 g/mol. The van der Waals surface area contributed by atoms with Gasteiger partial charge in [0, 0.05) is 22.9 Å². The molecule has 3 aromatic rings. The molecule has 6 nitrogen and oxygen atoms in total. The van der Waals surface area contributed by atoms with Crippen molar-refractivity contribution in [1.82, 2.24) is 20.1 Å². The van der Waals surface area contributed by atoms with Gasteiger partial charge in [0.15, 0.2) is 0 Å². The van der Waals surface area contributed by atoms with Crippen molar-refractivity contribution in [3.05, 3.63) is 58.9 Å². The Balaban J connectivity index is 1.43. The number of nitrogens with zero attached hydrogens (tertiary/aromatic N) is 3. The molecule has 1 amide bonds. The van der Waals surface area contributed by atoms with E-state index in [4.69, 9.17) is 5.10 Å². The number of carbonyl (C=O) groups is 1. The van der Waals surface area contributed by atoms with E-state index in [1.54, 1.807) is 13.8 Å².